The molecule has 0 bridgehead atoms. The van der Waals surface area contributed by atoms with Crippen molar-refractivity contribution < 1.29 is 14.1 Å². The van der Waals surface area contributed by atoms with Crippen LogP contribution in [0, 0.1) is 0 Å². The zero-order valence-corrected chi connectivity index (χ0v) is 15.2. The molecule has 1 unspecified atom stereocenters. The van der Waals surface area contributed by atoms with E-state index in [1.165, 1.54) is 0 Å². The van der Waals surface area contributed by atoms with Crippen molar-refractivity contribution in [1.29, 1.82) is 0 Å². The van der Waals surface area contributed by atoms with E-state index in [1.807, 2.05) is 59.5 Å². The van der Waals surface area contributed by atoms with Crippen LogP contribution in [0.15, 0.2) is 59.1 Å². The summed E-state index contributed by atoms with van der Waals surface area (Å²) in [6, 6.07) is 17.7. The Morgan fingerprint density at radius 3 is 2.81 bits per heavy atom. The highest BCUT2D eigenvalue weighted by Crippen LogP contribution is 2.35. The van der Waals surface area contributed by atoms with Crippen LogP contribution in [0.25, 0.3) is 11.4 Å². The standard InChI is InChI=1S/C21H21N3O3/c1-26-17-9-5-8-16(14-17)18-12-13-24(18)20(25)11-10-19-22-21(23-27-19)15-6-3-2-4-7-15/h2-9,14,18H,10-13H2,1H3. The minimum Gasteiger partial charge on any atom is -0.497 e. The molecule has 1 saturated heterocycles. The molecule has 0 aliphatic carbocycles. The summed E-state index contributed by atoms with van der Waals surface area (Å²) in [5.74, 6) is 1.96. The van der Waals surface area contributed by atoms with Crippen LogP contribution in [-0.4, -0.2) is 34.6 Å². The minimum atomic E-state index is 0.105. The van der Waals surface area contributed by atoms with Gasteiger partial charge in [-0.2, -0.15) is 4.98 Å². The topological polar surface area (TPSA) is 68.5 Å². The first kappa shape index (κ1) is 17.3. The van der Waals surface area contributed by atoms with Crippen LogP contribution in [0.5, 0.6) is 5.75 Å². The number of aryl methyl sites for hydroxylation is 1. The van der Waals surface area contributed by atoms with Gasteiger partial charge in [-0.15, -0.1) is 0 Å². The molecule has 0 spiro atoms. The number of amides is 1. The van der Waals surface area contributed by atoms with Crippen molar-refractivity contribution in [3.63, 3.8) is 0 Å². The molecule has 0 N–H and O–H groups in total. The van der Waals surface area contributed by atoms with Crippen LogP contribution in [0.3, 0.4) is 0 Å². The van der Waals surface area contributed by atoms with E-state index >= 15 is 0 Å². The quantitative estimate of drug-likeness (QED) is 0.669. The Labute approximate surface area is 157 Å². The second kappa shape index (κ2) is 7.61. The van der Waals surface area contributed by atoms with E-state index in [-0.39, 0.29) is 11.9 Å². The number of nitrogens with zero attached hydrogens (tertiary/aromatic N) is 3. The van der Waals surface area contributed by atoms with Crippen molar-refractivity contribution in [3.05, 3.63) is 66.1 Å². The van der Waals surface area contributed by atoms with E-state index in [0.29, 0.717) is 24.6 Å². The number of carbonyl (C=O) groups is 1. The molecule has 6 heteroatoms. The summed E-state index contributed by atoms with van der Waals surface area (Å²) in [7, 11) is 1.65. The van der Waals surface area contributed by atoms with Gasteiger partial charge in [0, 0.05) is 24.9 Å². The average Bonchev–Trinajstić information content (AvgIpc) is 3.15. The monoisotopic (exact) mass is 363 g/mol. The Bertz CT molecular complexity index is 923. The van der Waals surface area contributed by atoms with Crippen LogP contribution < -0.4 is 4.74 Å². The van der Waals surface area contributed by atoms with Crippen molar-refractivity contribution >= 4 is 5.91 Å². The first-order valence-electron chi connectivity index (χ1n) is 9.06. The van der Waals surface area contributed by atoms with Crippen LogP contribution in [0.1, 0.15) is 30.3 Å². The summed E-state index contributed by atoms with van der Waals surface area (Å²) in [6.45, 7) is 0.778. The molecule has 1 atom stereocenters. The molecule has 4 rings (SSSR count). The Balaban J connectivity index is 1.36. The van der Waals surface area contributed by atoms with Gasteiger partial charge in [0.15, 0.2) is 0 Å². The maximum Gasteiger partial charge on any atom is 0.227 e. The fourth-order valence-corrected chi connectivity index (χ4v) is 3.30. The second-order valence-corrected chi connectivity index (χ2v) is 6.55. The van der Waals surface area contributed by atoms with Gasteiger partial charge in [-0.3, -0.25) is 4.79 Å². The van der Waals surface area contributed by atoms with Gasteiger partial charge < -0.3 is 14.2 Å². The first-order chi connectivity index (χ1) is 13.2. The molecule has 6 nitrogen and oxygen atoms in total. The number of aromatic nitrogens is 2. The highest BCUT2D eigenvalue weighted by Gasteiger charge is 2.33. The maximum atomic E-state index is 12.6. The summed E-state index contributed by atoms with van der Waals surface area (Å²) in [5.41, 5.74) is 2.01. The van der Waals surface area contributed by atoms with Crippen molar-refractivity contribution in [1.82, 2.24) is 15.0 Å². The van der Waals surface area contributed by atoms with Gasteiger partial charge in [0.25, 0.3) is 0 Å². The average molecular weight is 363 g/mol. The smallest absolute Gasteiger partial charge is 0.227 e. The van der Waals surface area contributed by atoms with Crippen LogP contribution in [0.4, 0.5) is 0 Å². The summed E-state index contributed by atoms with van der Waals surface area (Å²) in [5, 5.41) is 4.00. The van der Waals surface area contributed by atoms with E-state index in [2.05, 4.69) is 10.1 Å². The van der Waals surface area contributed by atoms with Crippen molar-refractivity contribution in [2.24, 2.45) is 0 Å². The van der Waals surface area contributed by atoms with Gasteiger partial charge in [-0.1, -0.05) is 47.6 Å². The predicted molar refractivity (Wildman–Crippen MR) is 100 cm³/mol. The molecule has 3 aromatic rings. The highest BCUT2D eigenvalue weighted by atomic mass is 16.5. The third-order valence-corrected chi connectivity index (χ3v) is 4.87. The summed E-state index contributed by atoms with van der Waals surface area (Å²) < 4.78 is 10.6. The van der Waals surface area contributed by atoms with Crippen LogP contribution >= 0.6 is 0 Å². The van der Waals surface area contributed by atoms with E-state index in [4.69, 9.17) is 9.26 Å². The zero-order chi connectivity index (χ0) is 18.6. The fraction of sp³-hybridized carbons (Fsp3) is 0.286. The molecule has 1 fully saturated rings. The second-order valence-electron chi connectivity index (χ2n) is 6.55. The Morgan fingerprint density at radius 1 is 1.22 bits per heavy atom. The Morgan fingerprint density at radius 2 is 2.07 bits per heavy atom. The van der Waals surface area contributed by atoms with Gasteiger partial charge >= 0.3 is 0 Å². The van der Waals surface area contributed by atoms with Crippen LogP contribution in [0.2, 0.25) is 0 Å². The number of carbonyl (C=O) groups excluding carboxylic acids is 1. The summed E-state index contributed by atoms with van der Waals surface area (Å²) >= 11 is 0. The molecule has 0 saturated carbocycles. The Kier molecular flexibility index (Phi) is 4.87. The largest absolute Gasteiger partial charge is 0.497 e. The van der Waals surface area contributed by atoms with Gasteiger partial charge in [-0.25, -0.2) is 0 Å². The molecule has 138 valence electrons. The third kappa shape index (κ3) is 3.69. The number of rotatable bonds is 6. The van der Waals surface area contributed by atoms with Gasteiger partial charge in [-0.05, 0) is 24.1 Å². The van der Waals surface area contributed by atoms with Gasteiger partial charge in [0.2, 0.25) is 17.6 Å². The molecule has 1 aliphatic rings. The van der Waals surface area contributed by atoms with Crippen molar-refractivity contribution in [3.8, 4) is 17.1 Å². The summed E-state index contributed by atoms with van der Waals surface area (Å²) in [6.07, 6.45) is 1.77. The first-order valence-corrected chi connectivity index (χ1v) is 9.06. The SMILES string of the molecule is COc1cccc(C2CCN2C(=O)CCc2nc(-c3ccccc3)no2)c1. The highest BCUT2D eigenvalue weighted by molar-refractivity contribution is 5.77. The van der Waals surface area contributed by atoms with Crippen molar-refractivity contribution in [2.75, 3.05) is 13.7 Å². The van der Waals surface area contributed by atoms with E-state index in [9.17, 15) is 4.79 Å². The summed E-state index contributed by atoms with van der Waals surface area (Å²) in [4.78, 5) is 18.9. The molecule has 1 aromatic heterocycles. The molecule has 2 aromatic carbocycles. The number of hydrogen-bond donors (Lipinski definition) is 0. The number of ether oxygens (including phenoxy) is 1. The zero-order valence-electron chi connectivity index (χ0n) is 15.2. The number of hydrogen-bond acceptors (Lipinski definition) is 5. The predicted octanol–water partition coefficient (Wildman–Crippen LogP) is 3.65. The van der Waals surface area contributed by atoms with Crippen molar-refractivity contribution in [2.45, 2.75) is 25.3 Å². The molecule has 0 radical (unpaired) electrons. The van der Waals surface area contributed by atoms with Gasteiger partial charge in [0.05, 0.1) is 13.2 Å². The van der Waals surface area contributed by atoms with E-state index in [0.717, 1.165) is 29.8 Å². The lowest BCUT2D eigenvalue weighted by atomic mass is 9.94. The number of benzene rings is 2. The molecule has 1 amide bonds. The lowest BCUT2D eigenvalue weighted by molar-refractivity contribution is -0.139. The minimum absolute atomic E-state index is 0.105. The van der Waals surface area contributed by atoms with E-state index in [1.54, 1.807) is 7.11 Å². The molecule has 27 heavy (non-hydrogen) atoms. The normalized spacial score (nSPS) is 16.0. The Hall–Kier alpha value is -3.15. The fourth-order valence-electron chi connectivity index (χ4n) is 3.30. The van der Waals surface area contributed by atoms with E-state index < -0.39 is 0 Å². The number of methoxy groups -OCH3 is 1. The van der Waals surface area contributed by atoms with Gasteiger partial charge in [0.1, 0.15) is 5.75 Å². The third-order valence-electron chi connectivity index (χ3n) is 4.87. The number of likely N-dealkylation sites (tertiary alicyclic amines) is 1. The molecule has 2 heterocycles. The molecule has 1 aliphatic heterocycles. The molecular weight excluding hydrogens is 342 g/mol. The lowest BCUT2D eigenvalue weighted by Crippen LogP contribution is -2.45. The maximum absolute atomic E-state index is 12.6. The van der Waals surface area contributed by atoms with Crippen LogP contribution in [-0.2, 0) is 11.2 Å². The lowest BCUT2D eigenvalue weighted by Gasteiger charge is -2.41. The molecular formula is C21H21N3O3.